The molecule has 8 heterocycles. The number of benzene rings is 6. The minimum atomic E-state index is -2.50. The van der Waals surface area contributed by atoms with E-state index in [1.54, 1.807) is 12.4 Å². The second-order valence-corrected chi connectivity index (χ2v) is 29.6. The smallest absolute Gasteiger partial charge is 0.420 e. The summed E-state index contributed by atoms with van der Waals surface area (Å²) in [5.41, 5.74) is -3.24. The maximum absolute atomic E-state index is 16.1. The predicted octanol–water partition coefficient (Wildman–Crippen LogP) is 8.94. The molecule has 6 amide bonds. The van der Waals surface area contributed by atoms with Gasteiger partial charge < -0.3 is 59.5 Å². The molecule has 2 aromatic heterocycles. The van der Waals surface area contributed by atoms with Crippen LogP contribution < -0.4 is 0 Å². The Bertz CT molecular complexity index is 4040. The quantitative estimate of drug-likeness (QED) is 0.0168. The van der Waals surface area contributed by atoms with Crippen LogP contribution in [0.2, 0.25) is 0 Å². The Morgan fingerprint density at radius 2 is 0.606 bits per heavy atom. The van der Waals surface area contributed by atoms with E-state index in [0.29, 0.717) is 189 Å². The normalized spacial score (nSPS) is 22.5. The molecule has 6 aromatic carbocycles. The van der Waals surface area contributed by atoms with Gasteiger partial charge in [0.2, 0.25) is 0 Å². The number of aliphatic hydroxyl groups is 4. The van der Waals surface area contributed by atoms with Crippen molar-refractivity contribution in [2.24, 2.45) is 0 Å². The molecular formula is C82H96N10O12. The number of urea groups is 2. The van der Waals surface area contributed by atoms with Gasteiger partial charge in [0.1, 0.15) is 0 Å². The number of hydrogen-bond acceptors (Lipinski definition) is 16. The fourth-order valence-corrected chi connectivity index (χ4v) is 17.0. The van der Waals surface area contributed by atoms with Crippen LogP contribution >= 0.6 is 0 Å². The fraction of sp³-hybridized carbons (Fsp3) is 0.439. The molecule has 6 N–H and O–H groups in total. The van der Waals surface area contributed by atoms with Crippen LogP contribution in [0.4, 0.5) is 9.59 Å². The largest absolute Gasteiger partial charge is 0.420 e. The van der Waals surface area contributed by atoms with Crippen LogP contribution in [0.5, 0.6) is 0 Å². The van der Waals surface area contributed by atoms with Crippen LogP contribution in [0.15, 0.2) is 182 Å². The van der Waals surface area contributed by atoms with Gasteiger partial charge in [0.05, 0.1) is 22.4 Å². The van der Waals surface area contributed by atoms with Crippen molar-refractivity contribution < 1.29 is 58.7 Å². The molecule has 2 unspecified atom stereocenters. The molecule has 8 aromatic rings. The highest BCUT2D eigenvalue weighted by molar-refractivity contribution is 6.31. The van der Waals surface area contributed by atoms with Crippen LogP contribution in [0, 0.1) is 0 Å². The molecule has 0 spiro atoms. The third kappa shape index (κ3) is 14.7. The van der Waals surface area contributed by atoms with Crippen molar-refractivity contribution >= 4 is 57.6 Å². The number of hydrogen-bond donors (Lipinski definition) is 6. The first kappa shape index (κ1) is 71.9. The molecule has 2 atom stereocenters. The average molecular weight is 1410 g/mol. The summed E-state index contributed by atoms with van der Waals surface area (Å²) in [6, 6.07) is 51.7. The molecule has 0 aliphatic carbocycles. The number of amides is 6. The molecule has 0 radical (unpaired) electrons. The summed E-state index contributed by atoms with van der Waals surface area (Å²) in [6.07, 6.45) is 7.61. The van der Waals surface area contributed by atoms with Crippen molar-refractivity contribution in [2.75, 3.05) is 105 Å². The Kier molecular flexibility index (Phi) is 21.1. The zero-order valence-corrected chi connectivity index (χ0v) is 59.2. The lowest BCUT2D eigenvalue weighted by Gasteiger charge is -2.39. The molecule has 6 aliphatic rings. The van der Waals surface area contributed by atoms with E-state index in [4.69, 9.17) is 9.47 Å². The predicted molar refractivity (Wildman–Crippen MR) is 392 cm³/mol. The number of para-hydroxylation sites is 2. The van der Waals surface area contributed by atoms with Crippen LogP contribution in [0.1, 0.15) is 110 Å². The van der Waals surface area contributed by atoms with Gasteiger partial charge in [0, 0.05) is 126 Å². The number of carbonyl (C=O) groups is 6. The number of nitrogens with one attached hydrogen (secondary N) is 2. The third-order valence-corrected chi connectivity index (χ3v) is 23.3. The van der Waals surface area contributed by atoms with E-state index in [1.165, 1.54) is 9.80 Å². The fourth-order valence-electron chi connectivity index (χ4n) is 17.0. The number of aromatic nitrogens is 2. The Balaban J connectivity index is 0.765. The van der Waals surface area contributed by atoms with Gasteiger partial charge in [-0.15, -0.1) is 0 Å². The van der Waals surface area contributed by atoms with Gasteiger partial charge in [-0.05, 0) is 149 Å². The van der Waals surface area contributed by atoms with Gasteiger partial charge in [-0.1, -0.05) is 158 Å². The number of piperidine rings is 4. The number of aromatic amines is 2. The van der Waals surface area contributed by atoms with E-state index >= 15 is 28.8 Å². The van der Waals surface area contributed by atoms with Gasteiger partial charge in [0.15, 0.2) is 0 Å². The van der Waals surface area contributed by atoms with Crippen molar-refractivity contribution in [2.45, 2.75) is 124 Å². The van der Waals surface area contributed by atoms with Crippen molar-refractivity contribution in [3.05, 3.63) is 216 Å². The molecule has 22 nitrogen and oxygen atoms in total. The second kappa shape index (κ2) is 30.5. The van der Waals surface area contributed by atoms with Crippen LogP contribution in [-0.4, -0.2) is 222 Å². The molecular weight excluding hydrogens is 1320 g/mol. The van der Waals surface area contributed by atoms with E-state index in [1.807, 2.05) is 170 Å². The molecule has 6 saturated heterocycles. The van der Waals surface area contributed by atoms with E-state index in [-0.39, 0.29) is 26.2 Å². The minimum absolute atomic E-state index is 0.0798. The summed E-state index contributed by atoms with van der Waals surface area (Å²) in [4.78, 5) is 115. The standard InChI is InChI=1S/C82H96N10O12/c93-71(103-81(57-61-59-83-69-31-15-13-29-67(61)69)73(95)89(45-17-41-85-49-33-77(99,34-50-85)63-21-5-1-6-22-63)75(97)91(81)47-19-43-87-53-37-79(101,38-54-87)65-25-9-3-10-26-65)72(94)104-82(58-62-60-84-70-32-16-14-30-68(62)70)74(96)90(46-18-42-86-51-35-78(100,36-52-86)64-23-7-2-8-24-64)76(98)92(82)48-20-44-88-55-39-80(102,40-56-88)66-27-11-4-12-28-66/h1-16,21-32,59-60,83-84,99-102H,17-20,33-58H2. The van der Waals surface area contributed by atoms with Gasteiger partial charge >= 0.3 is 24.0 Å². The molecule has 6 fully saturated rings. The monoisotopic (exact) mass is 1410 g/mol. The maximum atomic E-state index is 16.1. The van der Waals surface area contributed by atoms with Gasteiger partial charge in [-0.2, -0.15) is 0 Å². The summed E-state index contributed by atoms with van der Waals surface area (Å²) in [5, 5.41) is 48.4. The van der Waals surface area contributed by atoms with Crippen molar-refractivity contribution in [3.63, 3.8) is 0 Å². The number of rotatable bonds is 26. The van der Waals surface area contributed by atoms with E-state index < -0.39 is 82.5 Å². The number of ether oxygens (including phenoxy) is 2. The van der Waals surface area contributed by atoms with Crippen LogP contribution in [-0.2, 0) is 63.9 Å². The molecule has 104 heavy (non-hydrogen) atoms. The van der Waals surface area contributed by atoms with Crippen LogP contribution in [0.25, 0.3) is 21.8 Å². The van der Waals surface area contributed by atoms with Crippen molar-refractivity contribution in [1.29, 1.82) is 0 Å². The minimum Gasteiger partial charge on any atom is -0.420 e. The molecule has 0 bridgehead atoms. The first-order chi connectivity index (χ1) is 50.4. The molecule has 6 aliphatic heterocycles. The Morgan fingerprint density at radius 3 is 0.894 bits per heavy atom. The summed E-state index contributed by atoms with van der Waals surface area (Å²) >= 11 is 0. The molecule has 0 saturated carbocycles. The number of fused-ring (bicyclic) bond motifs is 2. The van der Waals surface area contributed by atoms with Crippen LogP contribution in [0.3, 0.4) is 0 Å². The number of likely N-dealkylation sites (tertiary alicyclic amines) is 4. The number of H-pyrrole nitrogens is 2. The Morgan fingerprint density at radius 1 is 0.346 bits per heavy atom. The average Bonchev–Trinajstić information content (AvgIpc) is 1.58. The highest BCUT2D eigenvalue weighted by atomic mass is 16.6. The lowest BCUT2D eigenvalue weighted by atomic mass is 9.84. The Hall–Kier alpha value is -9.10. The number of carbonyl (C=O) groups excluding carboxylic acids is 6. The summed E-state index contributed by atoms with van der Waals surface area (Å²) in [5.74, 6) is -5.07. The maximum Gasteiger partial charge on any atom is 0.420 e. The first-order valence-corrected chi connectivity index (χ1v) is 37.2. The van der Waals surface area contributed by atoms with E-state index in [2.05, 4.69) is 29.6 Å². The SMILES string of the molecule is O=C(OC1(Cc2c[nH]c3ccccc23)C(=O)N(CCCN2CCC(O)(c3ccccc3)CC2)C(=O)N1CCCN1CCC(O)(c2ccccc2)CC1)C(=O)OC1(Cc2c[nH]c3ccccc23)C(=O)N(CCCN2CCC(O)(c3ccccc3)CC2)C(=O)N1CCCN1CCC(O)(c2ccccc2)CC1. The Labute approximate surface area is 606 Å². The highest BCUT2D eigenvalue weighted by Crippen LogP contribution is 2.42. The van der Waals surface area contributed by atoms with Gasteiger partial charge in [0.25, 0.3) is 23.3 Å². The highest BCUT2D eigenvalue weighted by Gasteiger charge is 2.64. The zero-order chi connectivity index (χ0) is 72.1. The van der Waals surface area contributed by atoms with Gasteiger partial charge in [-0.3, -0.25) is 29.2 Å². The summed E-state index contributed by atoms with van der Waals surface area (Å²) in [7, 11) is 0. The topological polar surface area (TPSA) is 259 Å². The molecule has 22 heteroatoms. The number of esters is 2. The van der Waals surface area contributed by atoms with Crippen molar-refractivity contribution in [1.82, 2.24) is 49.2 Å². The van der Waals surface area contributed by atoms with Gasteiger partial charge in [-0.25, -0.2) is 19.2 Å². The molecule has 546 valence electrons. The van der Waals surface area contributed by atoms with E-state index in [9.17, 15) is 20.4 Å². The lowest BCUT2D eigenvalue weighted by Crippen LogP contribution is -2.59. The first-order valence-electron chi connectivity index (χ1n) is 37.2. The van der Waals surface area contributed by atoms with E-state index in [0.717, 1.165) is 32.1 Å². The number of imide groups is 2. The lowest BCUT2D eigenvalue weighted by molar-refractivity contribution is -0.202. The third-order valence-electron chi connectivity index (χ3n) is 23.3. The van der Waals surface area contributed by atoms with Crippen molar-refractivity contribution in [3.8, 4) is 0 Å². The number of nitrogens with zero attached hydrogens (tertiary/aromatic N) is 8. The second-order valence-electron chi connectivity index (χ2n) is 29.6. The molecule has 14 rings (SSSR count). The summed E-state index contributed by atoms with van der Waals surface area (Å²) in [6.45, 7) is 5.85. The zero-order valence-electron chi connectivity index (χ0n) is 59.2. The summed E-state index contributed by atoms with van der Waals surface area (Å²) < 4.78 is 13.1.